The lowest BCUT2D eigenvalue weighted by atomic mass is 10.1. The van der Waals surface area contributed by atoms with Gasteiger partial charge in [-0.25, -0.2) is 4.79 Å². The van der Waals surface area contributed by atoms with E-state index in [-0.39, 0.29) is 17.8 Å². The van der Waals surface area contributed by atoms with Crippen LogP contribution < -0.4 is 10.1 Å². The Bertz CT molecular complexity index is 656. The van der Waals surface area contributed by atoms with Gasteiger partial charge >= 0.3 is 6.03 Å². The zero-order chi connectivity index (χ0) is 16.8. The molecule has 0 spiro atoms. The van der Waals surface area contributed by atoms with Gasteiger partial charge in [0.05, 0.1) is 13.2 Å². The largest absolute Gasteiger partial charge is 0.508 e. The molecule has 2 aromatic rings. The van der Waals surface area contributed by atoms with Gasteiger partial charge in [0.25, 0.3) is 0 Å². The summed E-state index contributed by atoms with van der Waals surface area (Å²) in [7, 11) is 1.60. The van der Waals surface area contributed by atoms with Crippen LogP contribution in [0.2, 0.25) is 0 Å². The summed E-state index contributed by atoms with van der Waals surface area (Å²) in [6.07, 6.45) is 0. The summed E-state index contributed by atoms with van der Waals surface area (Å²) in [4.78, 5) is 14.2. The number of hydrogen-bond donors (Lipinski definition) is 2. The molecule has 2 N–H and O–H groups in total. The first kappa shape index (κ1) is 16.7. The fraction of sp³-hybridized carbons (Fsp3) is 0.278. The number of phenolic OH excluding ortho intramolecular Hbond substituents is 1. The minimum Gasteiger partial charge on any atom is -0.508 e. The molecule has 0 unspecified atom stereocenters. The van der Waals surface area contributed by atoms with Crippen LogP contribution in [-0.4, -0.2) is 29.7 Å². The molecule has 0 saturated heterocycles. The van der Waals surface area contributed by atoms with Crippen molar-refractivity contribution in [3.8, 4) is 11.5 Å². The first-order valence-corrected chi connectivity index (χ1v) is 7.55. The van der Waals surface area contributed by atoms with Crippen molar-refractivity contribution in [3.63, 3.8) is 0 Å². The Balaban J connectivity index is 2.10. The van der Waals surface area contributed by atoms with Crippen LogP contribution in [0.25, 0.3) is 0 Å². The fourth-order valence-corrected chi connectivity index (χ4v) is 2.43. The smallest absolute Gasteiger partial charge is 0.322 e. The molecule has 0 saturated carbocycles. The van der Waals surface area contributed by atoms with Gasteiger partial charge in [-0.2, -0.15) is 0 Å². The van der Waals surface area contributed by atoms with Gasteiger partial charge in [0.2, 0.25) is 0 Å². The molecule has 5 nitrogen and oxygen atoms in total. The number of methoxy groups -OCH3 is 1. The summed E-state index contributed by atoms with van der Waals surface area (Å²) in [6, 6.07) is 13.8. The molecule has 0 aliphatic heterocycles. The summed E-state index contributed by atoms with van der Waals surface area (Å²) in [6.45, 7) is 4.41. The van der Waals surface area contributed by atoms with Gasteiger partial charge in [0, 0.05) is 12.2 Å². The van der Waals surface area contributed by atoms with Crippen LogP contribution in [-0.2, 0) is 0 Å². The second-order valence-electron chi connectivity index (χ2n) is 5.22. The number of hydrogen-bond acceptors (Lipinski definition) is 3. The van der Waals surface area contributed by atoms with Crippen LogP contribution in [0.4, 0.5) is 10.5 Å². The third-order valence-corrected chi connectivity index (χ3v) is 3.76. The highest BCUT2D eigenvalue weighted by molar-refractivity contribution is 5.89. The van der Waals surface area contributed by atoms with Crippen molar-refractivity contribution in [2.24, 2.45) is 0 Å². The molecule has 122 valence electrons. The highest BCUT2D eigenvalue weighted by Crippen LogP contribution is 2.24. The maximum absolute atomic E-state index is 12.5. The third-order valence-electron chi connectivity index (χ3n) is 3.76. The van der Waals surface area contributed by atoms with E-state index in [4.69, 9.17) is 4.74 Å². The highest BCUT2D eigenvalue weighted by atomic mass is 16.5. The summed E-state index contributed by atoms with van der Waals surface area (Å²) in [5.74, 6) is 0.935. The molecule has 5 heteroatoms. The lowest BCUT2D eigenvalue weighted by Gasteiger charge is -2.28. The number of phenols is 1. The van der Waals surface area contributed by atoms with Crippen LogP contribution in [0, 0.1) is 0 Å². The van der Waals surface area contributed by atoms with E-state index in [9.17, 15) is 9.90 Å². The molecule has 1 atom stereocenters. The average Bonchev–Trinajstić information content (AvgIpc) is 2.56. The summed E-state index contributed by atoms with van der Waals surface area (Å²) in [5.41, 5.74) is 1.59. The van der Waals surface area contributed by atoms with E-state index in [0.717, 1.165) is 11.3 Å². The van der Waals surface area contributed by atoms with E-state index in [1.807, 2.05) is 19.9 Å². The summed E-state index contributed by atoms with van der Waals surface area (Å²) >= 11 is 0. The normalized spacial score (nSPS) is 11.6. The van der Waals surface area contributed by atoms with Crippen LogP contribution in [0.3, 0.4) is 0 Å². The Kier molecular flexibility index (Phi) is 5.46. The zero-order valence-corrected chi connectivity index (χ0v) is 13.6. The van der Waals surface area contributed by atoms with Gasteiger partial charge in [-0.3, -0.25) is 0 Å². The van der Waals surface area contributed by atoms with Gasteiger partial charge in [-0.05, 0) is 55.8 Å². The van der Waals surface area contributed by atoms with Crippen molar-refractivity contribution >= 4 is 11.7 Å². The van der Waals surface area contributed by atoms with Crippen molar-refractivity contribution in [3.05, 3.63) is 54.1 Å². The highest BCUT2D eigenvalue weighted by Gasteiger charge is 2.20. The number of anilines is 1. The number of rotatable bonds is 5. The third kappa shape index (κ3) is 4.16. The van der Waals surface area contributed by atoms with Crippen LogP contribution in [0.5, 0.6) is 11.5 Å². The van der Waals surface area contributed by atoms with Crippen molar-refractivity contribution in [2.75, 3.05) is 19.0 Å². The predicted octanol–water partition coefficient (Wildman–Crippen LogP) is 4.02. The minimum atomic E-state index is -0.187. The number of amides is 2. The van der Waals surface area contributed by atoms with E-state index in [1.165, 1.54) is 0 Å². The molecule has 0 heterocycles. The number of urea groups is 1. The van der Waals surface area contributed by atoms with Crippen LogP contribution in [0.1, 0.15) is 25.5 Å². The number of carbonyl (C=O) groups excluding carboxylic acids is 1. The van der Waals surface area contributed by atoms with E-state index < -0.39 is 0 Å². The van der Waals surface area contributed by atoms with Gasteiger partial charge in [-0.15, -0.1) is 0 Å². The second-order valence-corrected chi connectivity index (χ2v) is 5.22. The fourth-order valence-electron chi connectivity index (χ4n) is 2.43. The van der Waals surface area contributed by atoms with E-state index >= 15 is 0 Å². The minimum absolute atomic E-state index is 0.148. The van der Waals surface area contributed by atoms with Crippen LogP contribution >= 0.6 is 0 Å². The molecule has 2 rings (SSSR count). The van der Waals surface area contributed by atoms with E-state index in [1.54, 1.807) is 54.5 Å². The van der Waals surface area contributed by atoms with Gasteiger partial charge in [-0.1, -0.05) is 12.1 Å². The van der Waals surface area contributed by atoms with E-state index in [0.29, 0.717) is 12.2 Å². The molecule has 0 fully saturated rings. The molecular formula is C18H22N2O3. The Labute approximate surface area is 136 Å². The number of nitrogens with zero attached hydrogens (tertiary/aromatic N) is 1. The Hall–Kier alpha value is -2.69. The van der Waals surface area contributed by atoms with E-state index in [2.05, 4.69) is 5.32 Å². The molecule has 0 aromatic heterocycles. The monoisotopic (exact) mass is 314 g/mol. The Morgan fingerprint density at radius 3 is 2.52 bits per heavy atom. The summed E-state index contributed by atoms with van der Waals surface area (Å²) < 4.78 is 5.10. The van der Waals surface area contributed by atoms with Gasteiger partial charge in [0.15, 0.2) is 0 Å². The first-order valence-electron chi connectivity index (χ1n) is 7.55. The van der Waals surface area contributed by atoms with Gasteiger partial charge in [0.1, 0.15) is 11.5 Å². The average molecular weight is 314 g/mol. The maximum Gasteiger partial charge on any atom is 0.322 e. The van der Waals surface area contributed by atoms with Gasteiger partial charge < -0.3 is 20.1 Å². The van der Waals surface area contributed by atoms with Crippen molar-refractivity contribution in [1.82, 2.24) is 4.90 Å². The zero-order valence-electron chi connectivity index (χ0n) is 13.6. The maximum atomic E-state index is 12.5. The Morgan fingerprint density at radius 1 is 1.26 bits per heavy atom. The molecule has 2 amide bonds. The number of carbonyl (C=O) groups is 1. The molecule has 0 aliphatic carbocycles. The molecular weight excluding hydrogens is 292 g/mol. The summed E-state index contributed by atoms with van der Waals surface area (Å²) in [5, 5.41) is 12.5. The Morgan fingerprint density at radius 2 is 1.96 bits per heavy atom. The number of nitrogens with one attached hydrogen (secondary N) is 1. The second kappa shape index (κ2) is 7.54. The lowest BCUT2D eigenvalue weighted by Crippen LogP contribution is -2.36. The number of aromatic hydroxyl groups is 1. The van der Waals surface area contributed by atoms with Crippen molar-refractivity contribution in [1.29, 1.82) is 0 Å². The van der Waals surface area contributed by atoms with Crippen molar-refractivity contribution < 1.29 is 14.6 Å². The number of benzene rings is 2. The number of ether oxygens (including phenoxy) is 1. The molecule has 0 bridgehead atoms. The quantitative estimate of drug-likeness (QED) is 0.876. The first-order chi connectivity index (χ1) is 11.0. The van der Waals surface area contributed by atoms with Crippen LogP contribution in [0.15, 0.2) is 48.5 Å². The molecule has 0 radical (unpaired) electrons. The predicted molar refractivity (Wildman–Crippen MR) is 90.9 cm³/mol. The SMILES string of the molecule is CCN(C(=O)Nc1ccc(OC)cc1)[C@H](C)c1cccc(O)c1. The topological polar surface area (TPSA) is 61.8 Å². The van der Waals surface area contributed by atoms with Crippen molar-refractivity contribution in [2.45, 2.75) is 19.9 Å². The molecule has 0 aliphatic rings. The molecule has 23 heavy (non-hydrogen) atoms. The lowest BCUT2D eigenvalue weighted by molar-refractivity contribution is 0.197. The standard InChI is InChI=1S/C18H22N2O3/c1-4-20(13(2)14-6-5-7-16(21)12-14)18(22)19-15-8-10-17(23-3)11-9-15/h5-13,21H,4H2,1-3H3,(H,19,22)/t13-/m1/s1. The molecule has 2 aromatic carbocycles.